The van der Waals surface area contributed by atoms with Crippen LogP contribution in [0.2, 0.25) is 0 Å². The average Bonchev–Trinajstić information content (AvgIpc) is 2.80. The van der Waals surface area contributed by atoms with Crippen molar-refractivity contribution in [3.8, 4) is 0 Å². The number of halogens is 1. The molecule has 0 bridgehead atoms. The maximum atomic E-state index is 15.1. The van der Waals surface area contributed by atoms with Gasteiger partial charge in [0, 0.05) is 25.2 Å². The van der Waals surface area contributed by atoms with E-state index in [0.29, 0.717) is 41.9 Å². The summed E-state index contributed by atoms with van der Waals surface area (Å²) in [7, 11) is 1.83. The van der Waals surface area contributed by atoms with E-state index in [0.717, 1.165) is 23.5 Å². The van der Waals surface area contributed by atoms with Gasteiger partial charge in [0.05, 0.1) is 31.1 Å². The Morgan fingerprint density at radius 3 is 2.78 bits per heavy atom. The highest BCUT2D eigenvalue weighted by Gasteiger charge is 2.24. The number of pyridine rings is 2. The number of morpholine rings is 1. The van der Waals surface area contributed by atoms with Gasteiger partial charge in [0.2, 0.25) is 0 Å². The molecule has 1 aliphatic heterocycles. The van der Waals surface area contributed by atoms with E-state index in [1.54, 1.807) is 6.08 Å². The second-order valence-corrected chi connectivity index (χ2v) is 8.04. The monoisotopic (exact) mass is 437 g/mol. The van der Waals surface area contributed by atoms with Gasteiger partial charge >= 0.3 is 0 Å². The average molecular weight is 438 g/mol. The van der Waals surface area contributed by atoms with Gasteiger partial charge in [0.25, 0.3) is 0 Å². The highest BCUT2D eigenvalue weighted by atomic mass is 19.1. The lowest BCUT2D eigenvalue weighted by Crippen LogP contribution is -2.44. The molecule has 1 saturated heterocycles. The summed E-state index contributed by atoms with van der Waals surface area (Å²) in [6.45, 7) is 10.1. The first-order valence-electron chi connectivity index (χ1n) is 11.0. The van der Waals surface area contributed by atoms with E-state index >= 15 is 4.39 Å². The van der Waals surface area contributed by atoms with Crippen molar-refractivity contribution in [1.82, 2.24) is 15.3 Å². The van der Waals surface area contributed by atoms with Crippen LogP contribution in [0.5, 0.6) is 0 Å². The first-order chi connectivity index (χ1) is 15.4. The molecule has 170 valence electrons. The zero-order valence-electron chi connectivity index (χ0n) is 19.5. The molecule has 1 atom stereocenters. The predicted molar refractivity (Wildman–Crippen MR) is 131 cm³/mol. The number of anilines is 1. The Bertz CT molecular complexity index is 1090. The highest BCUT2D eigenvalue weighted by Crippen LogP contribution is 2.33. The molecule has 3 heterocycles. The maximum absolute atomic E-state index is 15.1. The summed E-state index contributed by atoms with van der Waals surface area (Å²) in [6.07, 6.45) is 9.08. The van der Waals surface area contributed by atoms with Gasteiger partial charge in [-0.3, -0.25) is 0 Å². The van der Waals surface area contributed by atoms with E-state index in [2.05, 4.69) is 36.0 Å². The van der Waals surface area contributed by atoms with Crippen molar-refractivity contribution in [2.45, 2.75) is 40.2 Å². The SMILES string of the molecule is CC/C(C)=C/C=C(\NC)c1ncc(F)c2c(/C(C)=C/C=N)cc(N3CCOCC3C)nc12. The number of hydrogen-bond acceptors (Lipinski definition) is 6. The van der Waals surface area contributed by atoms with E-state index in [1.807, 2.05) is 32.2 Å². The molecule has 2 N–H and O–H groups in total. The van der Waals surface area contributed by atoms with E-state index < -0.39 is 5.82 Å². The molecule has 0 saturated carbocycles. The topological polar surface area (TPSA) is 74.1 Å². The molecule has 2 aromatic heterocycles. The van der Waals surface area contributed by atoms with Crippen LogP contribution >= 0.6 is 0 Å². The largest absolute Gasteiger partial charge is 0.386 e. The van der Waals surface area contributed by atoms with Crippen molar-refractivity contribution in [3.63, 3.8) is 0 Å². The van der Waals surface area contributed by atoms with E-state index in [9.17, 15) is 0 Å². The van der Waals surface area contributed by atoms with Crippen molar-refractivity contribution >= 4 is 34.2 Å². The van der Waals surface area contributed by atoms with Gasteiger partial charge < -0.3 is 20.4 Å². The maximum Gasteiger partial charge on any atom is 0.151 e. The summed E-state index contributed by atoms with van der Waals surface area (Å²) in [5.74, 6) is 0.326. The summed E-state index contributed by atoms with van der Waals surface area (Å²) in [6, 6.07) is 2.06. The zero-order chi connectivity index (χ0) is 23.3. The minimum Gasteiger partial charge on any atom is -0.386 e. The number of fused-ring (bicyclic) bond motifs is 1. The van der Waals surface area contributed by atoms with Gasteiger partial charge in [0.15, 0.2) is 5.82 Å². The van der Waals surface area contributed by atoms with E-state index in [-0.39, 0.29) is 6.04 Å². The fraction of sp³-hybridized carbons (Fsp3) is 0.400. The molecule has 1 fully saturated rings. The third-order valence-corrected chi connectivity index (χ3v) is 5.81. The molecule has 0 radical (unpaired) electrons. The molecule has 1 aliphatic rings. The second kappa shape index (κ2) is 10.5. The van der Waals surface area contributed by atoms with Crippen molar-refractivity contribution in [2.75, 3.05) is 31.7 Å². The number of hydrogen-bond donors (Lipinski definition) is 2. The van der Waals surface area contributed by atoms with E-state index in [1.165, 1.54) is 18.0 Å². The number of aromatic nitrogens is 2. The molecule has 32 heavy (non-hydrogen) atoms. The summed E-state index contributed by atoms with van der Waals surface area (Å²) in [4.78, 5) is 11.5. The van der Waals surface area contributed by atoms with Crippen LogP contribution in [0.4, 0.5) is 10.2 Å². The quantitative estimate of drug-likeness (QED) is 0.473. The first-order valence-corrected chi connectivity index (χ1v) is 11.0. The number of rotatable bonds is 7. The number of nitrogens with zero attached hydrogens (tertiary/aromatic N) is 3. The lowest BCUT2D eigenvalue weighted by atomic mass is 10.00. The molecule has 3 rings (SSSR count). The number of ether oxygens (including phenoxy) is 1. The van der Waals surface area contributed by atoms with Crippen LogP contribution in [0.15, 0.2) is 36.1 Å². The fourth-order valence-electron chi connectivity index (χ4n) is 3.75. The Hall–Kier alpha value is -3.06. The van der Waals surface area contributed by atoms with Crippen LogP contribution in [-0.2, 0) is 4.74 Å². The first kappa shape index (κ1) is 23.6. The Morgan fingerprint density at radius 1 is 1.34 bits per heavy atom. The van der Waals surface area contributed by atoms with Gasteiger partial charge in [-0.2, -0.15) is 0 Å². The standard InChI is InChI=1S/C25H32FN5O/c1-6-16(2)7-8-21(28-5)24-25-23(20(26)14-29-24)19(17(3)9-10-27)13-22(30-25)31-11-12-32-15-18(31)4/h7-10,13-14,18,27-28H,6,11-12,15H2,1-5H3/b16-7+,17-9+,21-8-,27-10?. The van der Waals surface area contributed by atoms with Gasteiger partial charge in [-0.25, -0.2) is 14.4 Å². The minimum atomic E-state index is -0.429. The number of allylic oxidation sites excluding steroid dienone is 5. The second-order valence-electron chi connectivity index (χ2n) is 8.04. The van der Waals surface area contributed by atoms with Gasteiger partial charge in [-0.1, -0.05) is 18.6 Å². The summed E-state index contributed by atoms with van der Waals surface area (Å²) in [5, 5.41) is 11.1. The molecule has 6 nitrogen and oxygen atoms in total. The highest BCUT2D eigenvalue weighted by molar-refractivity contribution is 5.99. The van der Waals surface area contributed by atoms with Gasteiger partial charge in [0.1, 0.15) is 17.0 Å². The third kappa shape index (κ3) is 4.88. The molecular weight excluding hydrogens is 405 g/mol. The smallest absolute Gasteiger partial charge is 0.151 e. The summed E-state index contributed by atoms with van der Waals surface area (Å²) in [5.41, 5.74) is 4.59. The molecule has 2 aromatic rings. The van der Waals surface area contributed by atoms with Crippen LogP contribution in [0, 0.1) is 11.2 Å². The van der Waals surface area contributed by atoms with Crippen LogP contribution in [-0.4, -0.2) is 49.0 Å². The molecule has 0 aromatic carbocycles. The molecule has 7 heteroatoms. The third-order valence-electron chi connectivity index (χ3n) is 5.81. The molecular formula is C25H32FN5O. The lowest BCUT2D eigenvalue weighted by molar-refractivity contribution is 0.0985. The Kier molecular flexibility index (Phi) is 7.75. The van der Waals surface area contributed by atoms with Crippen molar-refractivity contribution in [2.24, 2.45) is 0 Å². The summed E-state index contributed by atoms with van der Waals surface area (Å²) >= 11 is 0. The van der Waals surface area contributed by atoms with Crippen molar-refractivity contribution in [1.29, 1.82) is 5.41 Å². The van der Waals surface area contributed by atoms with Crippen LogP contribution < -0.4 is 10.2 Å². The van der Waals surface area contributed by atoms with E-state index in [4.69, 9.17) is 15.1 Å². The minimum absolute atomic E-state index is 0.146. The summed E-state index contributed by atoms with van der Waals surface area (Å²) < 4.78 is 20.7. The predicted octanol–water partition coefficient (Wildman–Crippen LogP) is 4.96. The molecule has 1 unspecified atom stereocenters. The normalized spacial score (nSPS) is 18.2. The molecule has 0 amide bonds. The Balaban J connectivity index is 2.34. The van der Waals surface area contributed by atoms with Gasteiger partial charge in [-0.05, 0) is 56.5 Å². The lowest BCUT2D eigenvalue weighted by Gasteiger charge is -2.34. The van der Waals surface area contributed by atoms with Crippen LogP contribution in [0.3, 0.4) is 0 Å². The van der Waals surface area contributed by atoms with Crippen LogP contribution in [0.1, 0.15) is 45.4 Å². The Morgan fingerprint density at radius 2 is 2.12 bits per heavy atom. The zero-order valence-corrected chi connectivity index (χ0v) is 19.5. The number of nitrogens with one attached hydrogen (secondary N) is 2. The van der Waals surface area contributed by atoms with Crippen molar-refractivity contribution < 1.29 is 9.13 Å². The Labute approximate surface area is 189 Å². The molecule has 0 aliphatic carbocycles. The van der Waals surface area contributed by atoms with Crippen molar-refractivity contribution in [3.05, 3.63) is 53.1 Å². The van der Waals surface area contributed by atoms with Gasteiger partial charge in [-0.15, -0.1) is 0 Å². The molecule has 0 spiro atoms. The fourth-order valence-corrected chi connectivity index (χ4v) is 3.75. The van der Waals surface area contributed by atoms with Crippen LogP contribution in [0.25, 0.3) is 22.2 Å².